The normalized spacial score (nSPS) is 20.3. The highest BCUT2D eigenvalue weighted by Gasteiger charge is 2.46. The summed E-state index contributed by atoms with van der Waals surface area (Å²) in [6, 6.07) is 3.16. The summed E-state index contributed by atoms with van der Waals surface area (Å²) in [5, 5.41) is 2.87. The monoisotopic (exact) mass is 363 g/mol. The third-order valence-electron chi connectivity index (χ3n) is 5.04. The zero-order valence-corrected chi connectivity index (χ0v) is 14.7. The number of carbonyl (C=O) groups is 2. The van der Waals surface area contributed by atoms with E-state index in [9.17, 15) is 9.59 Å². The van der Waals surface area contributed by atoms with Gasteiger partial charge in [-0.25, -0.2) is 9.59 Å². The average Bonchev–Trinajstić information content (AvgIpc) is 3.18. The summed E-state index contributed by atoms with van der Waals surface area (Å²) in [4.78, 5) is 27.6. The van der Waals surface area contributed by atoms with Crippen molar-refractivity contribution in [2.24, 2.45) is 0 Å². The number of piperidine rings is 1. The minimum atomic E-state index is -0.473. The second kappa shape index (κ2) is 6.15. The zero-order valence-electron chi connectivity index (χ0n) is 14.7. The number of benzene rings is 1. The van der Waals surface area contributed by atoms with E-state index in [1.54, 1.807) is 29.0 Å². The molecule has 9 heteroatoms. The Kier molecular flexibility index (Phi) is 3.93. The number of fused-ring (bicyclic) bond motifs is 1. The van der Waals surface area contributed by atoms with Crippen molar-refractivity contribution in [2.75, 3.05) is 45.9 Å². The molecule has 3 aliphatic heterocycles. The number of likely N-dealkylation sites (tertiary alicyclic amines) is 1. The number of rotatable bonds is 2. The molecule has 0 unspecified atom stereocenters. The van der Waals surface area contributed by atoms with E-state index < -0.39 is 5.60 Å². The molecular weight excluding hydrogens is 342 g/mol. The lowest BCUT2D eigenvalue weighted by Crippen LogP contribution is -2.49. The molecule has 26 heavy (non-hydrogen) atoms. The summed E-state index contributed by atoms with van der Waals surface area (Å²) < 4.78 is 21.5. The summed E-state index contributed by atoms with van der Waals surface area (Å²) in [7, 11) is 3.25. The molecule has 9 nitrogen and oxygen atoms in total. The Hall–Kier alpha value is -2.84. The van der Waals surface area contributed by atoms with Crippen LogP contribution in [0.15, 0.2) is 12.1 Å². The number of likely N-dealkylation sites (N-methyl/N-ethyl adjacent to an activating group) is 1. The number of hydrogen-bond acceptors (Lipinski definition) is 6. The standard InChI is InChI=1S/C17H21N3O6/c1-19-9-17(26-16(19)22)3-5-20(6-4-17)15(21)18-11-7-13-14(25-10-24-13)8-12(11)23-2/h7-8H,3-6,9-10H2,1-2H3,(H,18,21). The van der Waals surface area contributed by atoms with Crippen LogP contribution in [-0.2, 0) is 4.74 Å². The molecule has 2 fully saturated rings. The van der Waals surface area contributed by atoms with Gasteiger partial charge in [-0.1, -0.05) is 0 Å². The first kappa shape index (κ1) is 16.6. The predicted octanol–water partition coefficient (Wildman–Crippen LogP) is 1.87. The van der Waals surface area contributed by atoms with Crippen molar-refractivity contribution >= 4 is 17.8 Å². The quantitative estimate of drug-likeness (QED) is 0.863. The van der Waals surface area contributed by atoms with Crippen LogP contribution in [0.25, 0.3) is 0 Å². The number of urea groups is 1. The summed E-state index contributed by atoms with van der Waals surface area (Å²) in [6.45, 7) is 1.74. The van der Waals surface area contributed by atoms with Gasteiger partial charge in [-0.3, -0.25) is 0 Å². The van der Waals surface area contributed by atoms with Gasteiger partial charge in [0, 0.05) is 45.1 Å². The molecule has 1 aromatic rings. The topological polar surface area (TPSA) is 89.6 Å². The lowest BCUT2D eigenvalue weighted by Gasteiger charge is -2.37. The first-order valence-corrected chi connectivity index (χ1v) is 8.47. The van der Waals surface area contributed by atoms with Gasteiger partial charge in [-0.05, 0) is 0 Å². The van der Waals surface area contributed by atoms with E-state index in [0.29, 0.717) is 55.4 Å². The Labute approximate surface area is 150 Å². The Morgan fingerprint density at radius 3 is 2.54 bits per heavy atom. The van der Waals surface area contributed by atoms with Gasteiger partial charge < -0.3 is 34.1 Å². The van der Waals surface area contributed by atoms with E-state index in [4.69, 9.17) is 18.9 Å². The zero-order chi connectivity index (χ0) is 18.3. The number of amides is 3. The van der Waals surface area contributed by atoms with Crippen LogP contribution in [0.2, 0.25) is 0 Å². The van der Waals surface area contributed by atoms with Gasteiger partial charge in [0.05, 0.1) is 19.3 Å². The Morgan fingerprint density at radius 2 is 1.92 bits per heavy atom. The molecule has 0 atom stereocenters. The van der Waals surface area contributed by atoms with Crippen molar-refractivity contribution in [1.29, 1.82) is 0 Å². The van der Waals surface area contributed by atoms with Gasteiger partial charge in [-0.15, -0.1) is 0 Å². The number of ether oxygens (including phenoxy) is 4. The number of anilines is 1. The highest BCUT2D eigenvalue weighted by molar-refractivity contribution is 5.91. The fraction of sp³-hybridized carbons (Fsp3) is 0.529. The fourth-order valence-corrected chi connectivity index (χ4v) is 3.55. The summed E-state index contributed by atoms with van der Waals surface area (Å²) in [5.41, 5.74) is 0.0491. The van der Waals surface area contributed by atoms with Crippen molar-refractivity contribution < 1.29 is 28.5 Å². The number of nitrogens with one attached hydrogen (secondary N) is 1. The van der Waals surface area contributed by atoms with Crippen LogP contribution < -0.4 is 19.5 Å². The van der Waals surface area contributed by atoms with Crippen LogP contribution in [0, 0.1) is 0 Å². The van der Waals surface area contributed by atoms with Crippen molar-refractivity contribution in [3.8, 4) is 17.2 Å². The van der Waals surface area contributed by atoms with E-state index in [1.165, 1.54) is 7.11 Å². The Balaban J connectivity index is 1.41. The van der Waals surface area contributed by atoms with E-state index in [-0.39, 0.29) is 18.9 Å². The highest BCUT2D eigenvalue weighted by Crippen LogP contribution is 2.41. The third-order valence-corrected chi connectivity index (χ3v) is 5.04. The van der Waals surface area contributed by atoms with E-state index in [1.807, 2.05) is 0 Å². The van der Waals surface area contributed by atoms with Crippen LogP contribution in [0.1, 0.15) is 12.8 Å². The second-order valence-electron chi connectivity index (χ2n) is 6.73. The maximum absolute atomic E-state index is 12.6. The van der Waals surface area contributed by atoms with E-state index in [0.717, 1.165) is 0 Å². The minimum absolute atomic E-state index is 0.150. The molecule has 0 aliphatic carbocycles. The molecule has 0 bridgehead atoms. The maximum Gasteiger partial charge on any atom is 0.410 e. The van der Waals surface area contributed by atoms with Crippen LogP contribution in [-0.4, -0.2) is 68.1 Å². The number of methoxy groups -OCH3 is 1. The molecule has 0 saturated carbocycles. The minimum Gasteiger partial charge on any atom is -0.494 e. The van der Waals surface area contributed by atoms with Gasteiger partial charge in [0.2, 0.25) is 6.79 Å². The SMILES string of the molecule is COc1cc2c(cc1NC(=O)N1CCC3(CC1)CN(C)C(=O)O3)OCO2. The molecule has 1 aromatic carbocycles. The third kappa shape index (κ3) is 2.83. The van der Waals surface area contributed by atoms with Crippen LogP contribution >= 0.6 is 0 Å². The highest BCUT2D eigenvalue weighted by atomic mass is 16.7. The Morgan fingerprint density at radius 1 is 1.23 bits per heavy atom. The van der Waals surface area contributed by atoms with Crippen molar-refractivity contribution in [1.82, 2.24) is 9.80 Å². The molecule has 4 rings (SSSR count). The van der Waals surface area contributed by atoms with E-state index in [2.05, 4.69) is 5.32 Å². The van der Waals surface area contributed by atoms with Gasteiger partial charge in [0.15, 0.2) is 11.5 Å². The van der Waals surface area contributed by atoms with Crippen LogP contribution in [0.4, 0.5) is 15.3 Å². The molecule has 2 saturated heterocycles. The van der Waals surface area contributed by atoms with Crippen LogP contribution in [0.5, 0.6) is 17.2 Å². The summed E-state index contributed by atoms with van der Waals surface area (Å²) in [6.07, 6.45) is 0.941. The first-order chi connectivity index (χ1) is 12.5. The lowest BCUT2D eigenvalue weighted by molar-refractivity contribution is 0.0109. The lowest BCUT2D eigenvalue weighted by atomic mass is 9.91. The largest absolute Gasteiger partial charge is 0.494 e. The molecule has 0 radical (unpaired) electrons. The molecule has 1 N–H and O–H groups in total. The maximum atomic E-state index is 12.6. The van der Waals surface area contributed by atoms with E-state index >= 15 is 0 Å². The average molecular weight is 363 g/mol. The molecule has 0 aromatic heterocycles. The van der Waals surface area contributed by atoms with Crippen molar-refractivity contribution in [3.05, 3.63) is 12.1 Å². The van der Waals surface area contributed by atoms with Gasteiger partial charge in [0.1, 0.15) is 11.4 Å². The predicted molar refractivity (Wildman–Crippen MR) is 90.8 cm³/mol. The van der Waals surface area contributed by atoms with Crippen molar-refractivity contribution in [2.45, 2.75) is 18.4 Å². The molecule has 3 aliphatic rings. The molecular formula is C17H21N3O6. The van der Waals surface area contributed by atoms with Gasteiger partial charge in [-0.2, -0.15) is 0 Å². The van der Waals surface area contributed by atoms with Gasteiger partial charge >= 0.3 is 12.1 Å². The molecule has 3 amide bonds. The summed E-state index contributed by atoms with van der Waals surface area (Å²) >= 11 is 0. The van der Waals surface area contributed by atoms with Crippen molar-refractivity contribution in [3.63, 3.8) is 0 Å². The van der Waals surface area contributed by atoms with Crippen LogP contribution in [0.3, 0.4) is 0 Å². The smallest absolute Gasteiger partial charge is 0.410 e. The number of nitrogens with zero attached hydrogens (tertiary/aromatic N) is 2. The first-order valence-electron chi connectivity index (χ1n) is 8.47. The molecule has 3 heterocycles. The molecule has 1 spiro atoms. The fourth-order valence-electron chi connectivity index (χ4n) is 3.55. The second-order valence-corrected chi connectivity index (χ2v) is 6.73. The van der Waals surface area contributed by atoms with Gasteiger partial charge in [0.25, 0.3) is 0 Å². The number of hydrogen-bond donors (Lipinski definition) is 1. The molecule has 140 valence electrons. The summed E-state index contributed by atoms with van der Waals surface area (Å²) in [5.74, 6) is 1.66. The Bertz CT molecular complexity index is 744. The number of carbonyl (C=O) groups excluding carboxylic acids is 2.